The average molecular weight is 246 g/mol. The van der Waals surface area contributed by atoms with E-state index >= 15 is 0 Å². The van der Waals surface area contributed by atoms with Gasteiger partial charge in [0.1, 0.15) is 12.0 Å². The number of hydrogen-bond acceptors (Lipinski definition) is 3. The molecule has 0 fully saturated rings. The quantitative estimate of drug-likeness (QED) is 0.781. The third-order valence-corrected chi connectivity index (χ3v) is 2.13. The zero-order chi connectivity index (χ0) is 11.3. The first-order valence-electron chi connectivity index (χ1n) is 5.22. The van der Waals surface area contributed by atoms with Crippen LogP contribution in [0.3, 0.4) is 0 Å². The van der Waals surface area contributed by atoms with Crippen molar-refractivity contribution in [2.45, 2.75) is 33.0 Å². The van der Waals surface area contributed by atoms with Crippen LogP contribution in [0, 0.1) is 6.92 Å². The second-order valence-corrected chi connectivity index (χ2v) is 3.82. The van der Waals surface area contributed by atoms with Crippen LogP contribution in [0.1, 0.15) is 19.4 Å². The third kappa shape index (κ3) is 5.35. The average Bonchev–Trinajstić information content (AvgIpc) is 2.21. The van der Waals surface area contributed by atoms with Crippen LogP contribution in [-0.2, 0) is 0 Å². The van der Waals surface area contributed by atoms with E-state index in [-0.39, 0.29) is 31.3 Å². The van der Waals surface area contributed by atoms with Crippen molar-refractivity contribution in [2.24, 2.45) is 0 Å². The Bertz CT molecular complexity index is 290. The number of aliphatic hydroxyl groups excluding tert-OH is 1. The number of rotatable bonds is 5. The zero-order valence-electron chi connectivity index (χ0n) is 9.93. The number of aliphatic hydroxyl groups is 1. The topological polar surface area (TPSA) is 41.5 Å². The number of benzene rings is 1. The van der Waals surface area contributed by atoms with Crippen molar-refractivity contribution in [1.82, 2.24) is 5.32 Å². The summed E-state index contributed by atoms with van der Waals surface area (Å²) in [5.41, 5.74) is 1.21. The van der Waals surface area contributed by atoms with Gasteiger partial charge in [-0.1, -0.05) is 17.7 Å². The predicted molar refractivity (Wildman–Crippen MR) is 68.2 cm³/mol. The molecule has 0 spiro atoms. The number of ether oxygens (including phenoxy) is 1. The fourth-order valence-corrected chi connectivity index (χ4v) is 1.31. The van der Waals surface area contributed by atoms with E-state index in [2.05, 4.69) is 5.32 Å². The van der Waals surface area contributed by atoms with Gasteiger partial charge >= 0.3 is 0 Å². The Kier molecular flexibility index (Phi) is 7.13. The number of halogens is 1. The lowest BCUT2D eigenvalue weighted by Crippen LogP contribution is -2.40. The fraction of sp³-hybridized carbons (Fsp3) is 0.500. The van der Waals surface area contributed by atoms with Crippen molar-refractivity contribution in [3.63, 3.8) is 0 Å². The monoisotopic (exact) mass is 245 g/mol. The lowest BCUT2D eigenvalue weighted by Gasteiger charge is -2.19. The minimum Gasteiger partial charge on any atom is -0.476 e. The Labute approximate surface area is 103 Å². The highest BCUT2D eigenvalue weighted by molar-refractivity contribution is 5.85. The van der Waals surface area contributed by atoms with E-state index in [1.54, 1.807) is 0 Å². The largest absolute Gasteiger partial charge is 0.476 e. The van der Waals surface area contributed by atoms with Crippen LogP contribution < -0.4 is 10.1 Å². The molecule has 1 aromatic carbocycles. The van der Waals surface area contributed by atoms with Crippen LogP contribution in [0.15, 0.2) is 24.3 Å². The summed E-state index contributed by atoms with van der Waals surface area (Å²) in [4.78, 5) is 0. The third-order valence-electron chi connectivity index (χ3n) is 2.13. The molecule has 16 heavy (non-hydrogen) atoms. The van der Waals surface area contributed by atoms with Gasteiger partial charge in [0.15, 0.2) is 0 Å². The van der Waals surface area contributed by atoms with Crippen LogP contribution in [0.4, 0.5) is 0 Å². The van der Waals surface area contributed by atoms with Crippen molar-refractivity contribution in [3.05, 3.63) is 29.8 Å². The predicted octanol–water partition coefficient (Wildman–Crippen LogP) is 2.11. The molecule has 0 bridgehead atoms. The van der Waals surface area contributed by atoms with Crippen LogP contribution in [-0.4, -0.2) is 24.0 Å². The molecule has 0 saturated heterocycles. The van der Waals surface area contributed by atoms with E-state index in [9.17, 15) is 0 Å². The summed E-state index contributed by atoms with van der Waals surface area (Å²) in [6.07, 6.45) is -0.102. The van der Waals surface area contributed by atoms with Crippen molar-refractivity contribution in [1.29, 1.82) is 0 Å². The lowest BCUT2D eigenvalue weighted by atomic mass is 10.2. The summed E-state index contributed by atoms with van der Waals surface area (Å²) in [7, 11) is 0. The fourth-order valence-electron chi connectivity index (χ4n) is 1.31. The summed E-state index contributed by atoms with van der Waals surface area (Å²) < 4.78 is 5.62. The van der Waals surface area contributed by atoms with E-state index in [1.165, 1.54) is 5.56 Å². The summed E-state index contributed by atoms with van der Waals surface area (Å²) in [6, 6.07) is 7.95. The van der Waals surface area contributed by atoms with Gasteiger partial charge in [0, 0.05) is 6.04 Å². The first kappa shape index (κ1) is 15.2. The van der Waals surface area contributed by atoms with E-state index in [4.69, 9.17) is 9.84 Å². The van der Waals surface area contributed by atoms with Crippen molar-refractivity contribution in [3.8, 4) is 5.75 Å². The van der Waals surface area contributed by atoms with Crippen molar-refractivity contribution < 1.29 is 9.84 Å². The molecule has 1 aromatic rings. The first-order valence-corrected chi connectivity index (χ1v) is 5.22. The standard InChI is InChI=1S/C12H19NO2.ClH/c1-9-4-6-12(7-5-9)15-11(3)13-10(2)8-14;/h4-7,10-11,13-14H,8H2,1-3H3;1H. The molecular weight excluding hydrogens is 226 g/mol. The molecule has 0 aliphatic carbocycles. The smallest absolute Gasteiger partial charge is 0.147 e. The molecule has 3 nitrogen and oxygen atoms in total. The Hall–Kier alpha value is -0.770. The maximum atomic E-state index is 8.87. The van der Waals surface area contributed by atoms with E-state index in [0.717, 1.165) is 5.75 Å². The summed E-state index contributed by atoms with van der Waals surface area (Å²) in [5.74, 6) is 0.839. The van der Waals surface area contributed by atoms with Crippen LogP contribution in [0.25, 0.3) is 0 Å². The summed E-state index contributed by atoms with van der Waals surface area (Å²) >= 11 is 0. The molecule has 4 heteroatoms. The molecule has 0 heterocycles. The molecule has 2 N–H and O–H groups in total. The van der Waals surface area contributed by atoms with Gasteiger partial charge in [-0.2, -0.15) is 0 Å². The Morgan fingerprint density at radius 3 is 2.31 bits per heavy atom. The minimum atomic E-state index is -0.102. The van der Waals surface area contributed by atoms with Gasteiger partial charge in [0.25, 0.3) is 0 Å². The number of aryl methyl sites for hydroxylation is 1. The highest BCUT2D eigenvalue weighted by atomic mass is 35.5. The van der Waals surface area contributed by atoms with Crippen LogP contribution in [0.2, 0.25) is 0 Å². The van der Waals surface area contributed by atoms with Gasteiger partial charge in [0.2, 0.25) is 0 Å². The van der Waals surface area contributed by atoms with E-state index in [0.29, 0.717) is 0 Å². The molecule has 92 valence electrons. The minimum absolute atomic E-state index is 0. The van der Waals surface area contributed by atoms with Gasteiger partial charge in [-0.05, 0) is 32.9 Å². The van der Waals surface area contributed by atoms with Gasteiger partial charge < -0.3 is 9.84 Å². The highest BCUT2D eigenvalue weighted by Crippen LogP contribution is 2.12. The molecule has 2 unspecified atom stereocenters. The van der Waals surface area contributed by atoms with Gasteiger partial charge in [-0.3, -0.25) is 5.32 Å². The van der Waals surface area contributed by atoms with Crippen LogP contribution >= 0.6 is 12.4 Å². The molecule has 0 radical (unpaired) electrons. The van der Waals surface area contributed by atoms with Crippen LogP contribution in [0.5, 0.6) is 5.75 Å². The molecule has 0 aliphatic rings. The Morgan fingerprint density at radius 2 is 1.81 bits per heavy atom. The van der Waals surface area contributed by atoms with Gasteiger partial charge in [0.05, 0.1) is 6.61 Å². The summed E-state index contributed by atoms with van der Waals surface area (Å²) in [5, 5.41) is 12.0. The molecule has 0 amide bonds. The second kappa shape index (κ2) is 7.49. The van der Waals surface area contributed by atoms with E-state index < -0.39 is 0 Å². The van der Waals surface area contributed by atoms with Gasteiger partial charge in [-0.15, -0.1) is 12.4 Å². The van der Waals surface area contributed by atoms with Crippen molar-refractivity contribution in [2.75, 3.05) is 6.61 Å². The first-order chi connectivity index (χ1) is 7.11. The zero-order valence-corrected chi connectivity index (χ0v) is 10.8. The maximum absolute atomic E-state index is 8.87. The van der Waals surface area contributed by atoms with Crippen molar-refractivity contribution >= 4 is 12.4 Å². The van der Waals surface area contributed by atoms with Gasteiger partial charge in [-0.25, -0.2) is 0 Å². The highest BCUT2D eigenvalue weighted by Gasteiger charge is 2.06. The van der Waals surface area contributed by atoms with E-state index in [1.807, 2.05) is 45.0 Å². The molecule has 1 rings (SSSR count). The molecular formula is C12H20ClNO2. The Balaban J connectivity index is 0.00000225. The molecule has 2 atom stereocenters. The summed E-state index contributed by atoms with van der Waals surface area (Å²) in [6.45, 7) is 5.99. The number of nitrogens with one attached hydrogen (secondary N) is 1. The second-order valence-electron chi connectivity index (χ2n) is 3.82. The number of hydrogen-bond donors (Lipinski definition) is 2. The normalized spacial score (nSPS) is 13.8. The molecule has 0 aliphatic heterocycles. The maximum Gasteiger partial charge on any atom is 0.147 e. The molecule has 0 saturated carbocycles. The lowest BCUT2D eigenvalue weighted by molar-refractivity contribution is 0.144. The Morgan fingerprint density at radius 1 is 1.25 bits per heavy atom. The SMILES string of the molecule is Cc1ccc(OC(C)NC(C)CO)cc1.Cl. The molecule has 0 aromatic heterocycles.